The number of amides is 1. The first kappa shape index (κ1) is 16.8. The van der Waals surface area contributed by atoms with Crippen molar-refractivity contribution in [3.63, 3.8) is 0 Å². The molecule has 1 atom stereocenters. The van der Waals surface area contributed by atoms with Crippen molar-refractivity contribution in [2.75, 3.05) is 5.33 Å². The maximum atomic E-state index is 12.0. The summed E-state index contributed by atoms with van der Waals surface area (Å²) in [5.41, 5.74) is 0.866. The van der Waals surface area contributed by atoms with Crippen molar-refractivity contribution in [1.82, 2.24) is 5.32 Å². The second-order valence-corrected chi connectivity index (χ2v) is 6.44. The molecule has 1 amide bonds. The largest absolute Gasteiger partial charge is 0.352 e. The van der Waals surface area contributed by atoms with Crippen LogP contribution in [0.15, 0.2) is 18.2 Å². The van der Waals surface area contributed by atoms with Gasteiger partial charge in [-0.25, -0.2) is 0 Å². The highest BCUT2D eigenvalue weighted by Crippen LogP contribution is 2.22. The molecule has 0 aliphatic rings. The van der Waals surface area contributed by atoms with Gasteiger partial charge in [0.1, 0.15) is 0 Å². The van der Waals surface area contributed by atoms with E-state index in [1.54, 1.807) is 12.1 Å². The topological polar surface area (TPSA) is 29.1 Å². The number of nitrogens with one attached hydrogen (secondary N) is 1. The summed E-state index contributed by atoms with van der Waals surface area (Å²) in [5.74, 6) is 0.552. The lowest BCUT2D eigenvalue weighted by atomic mass is 10.0. The number of alkyl halides is 1. The van der Waals surface area contributed by atoms with Crippen LogP contribution in [0.25, 0.3) is 0 Å². The smallest absolute Gasteiger partial charge is 0.224 e. The van der Waals surface area contributed by atoms with Crippen molar-refractivity contribution in [3.05, 3.63) is 33.8 Å². The van der Waals surface area contributed by atoms with E-state index in [1.165, 1.54) is 0 Å². The van der Waals surface area contributed by atoms with E-state index in [0.717, 1.165) is 17.3 Å². The fourth-order valence-corrected chi connectivity index (χ4v) is 2.59. The molecule has 1 unspecified atom stereocenters. The highest BCUT2D eigenvalue weighted by molar-refractivity contribution is 9.09. The Bertz CT molecular complexity index is 437. The second-order valence-electron chi connectivity index (χ2n) is 4.97. The molecule has 0 heterocycles. The number of hydrogen-bond donors (Lipinski definition) is 1. The van der Waals surface area contributed by atoms with Crippen LogP contribution in [-0.4, -0.2) is 17.3 Å². The van der Waals surface area contributed by atoms with E-state index in [-0.39, 0.29) is 11.9 Å². The van der Waals surface area contributed by atoms with E-state index in [2.05, 4.69) is 35.1 Å². The van der Waals surface area contributed by atoms with E-state index in [0.29, 0.717) is 22.4 Å². The quantitative estimate of drug-likeness (QED) is 0.739. The van der Waals surface area contributed by atoms with Crippen molar-refractivity contribution >= 4 is 45.0 Å². The maximum Gasteiger partial charge on any atom is 0.224 e. The first-order chi connectivity index (χ1) is 8.92. The number of carbonyl (C=O) groups is 1. The Morgan fingerprint density at radius 2 is 2.00 bits per heavy atom. The Morgan fingerprint density at radius 1 is 1.32 bits per heavy atom. The van der Waals surface area contributed by atoms with Gasteiger partial charge in [-0.05, 0) is 30.0 Å². The Kier molecular flexibility index (Phi) is 7.19. The normalized spacial score (nSPS) is 12.5. The molecule has 0 saturated carbocycles. The number of halogens is 3. The number of rotatable bonds is 6. The summed E-state index contributed by atoms with van der Waals surface area (Å²) in [6.45, 7) is 4.28. The van der Waals surface area contributed by atoms with Gasteiger partial charge in [0.15, 0.2) is 0 Å². The lowest BCUT2D eigenvalue weighted by Crippen LogP contribution is -2.37. The van der Waals surface area contributed by atoms with Gasteiger partial charge in [-0.3, -0.25) is 4.79 Å². The van der Waals surface area contributed by atoms with Gasteiger partial charge in [0, 0.05) is 11.4 Å². The summed E-state index contributed by atoms with van der Waals surface area (Å²) in [6.07, 6.45) is 1.27. The molecular formula is C14H18BrCl2NO. The standard InChI is InChI=1S/C14H18BrCl2NO/c1-9(2)5-11(8-15)18-14(19)7-10-3-4-12(16)13(17)6-10/h3-4,6,9,11H,5,7-8H2,1-2H3,(H,18,19). The van der Waals surface area contributed by atoms with Crippen LogP contribution in [0.1, 0.15) is 25.8 Å². The molecule has 1 N–H and O–H groups in total. The minimum Gasteiger partial charge on any atom is -0.352 e. The van der Waals surface area contributed by atoms with Crippen LogP contribution >= 0.6 is 39.1 Å². The summed E-state index contributed by atoms with van der Waals surface area (Å²) in [6, 6.07) is 5.42. The van der Waals surface area contributed by atoms with E-state index >= 15 is 0 Å². The van der Waals surface area contributed by atoms with Crippen molar-refractivity contribution in [2.24, 2.45) is 5.92 Å². The molecule has 19 heavy (non-hydrogen) atoms. The zero-order valence-electron chi connectivity index (χ0n) is 11.1. The minimum atomic E-state index is 0.00323. The van der Waals surface area contributed by atoms with Crippen LogP contribution in [0, 0.1) is 5.92 Å². The lowest BCUT2D eigenvalue weighted by Gasteiger charge is -2.18. The van der Waals surface area contributed by atoms with E-state index in [1.807, 2.05) is 6.07 Å². The molecule has 0 aliphatic carbocycles. The van der Waals surface area contributed by atoms with Crippen LogP contribution in [-0.2, 0) is 11.2 Å². The Hall–Kier alpha value is -0.250. The second kappa shape index (κ2) is 8.13. The predicted molar refractivity (Wildman–Crippen MR) is 85.3 cm³/mol. The summed E-state index contributed by atoms with van der Waals surface area (Å²) in [5, 5.41) is 4.76. The zero-order valence-corrected chi connectivity index (χ0v) is 14.1. The van der Waals surface area contributed by atoms with Crippen molar-refractivity contribution in [3.8, 4) is 0 Å². The van der Waals surface area contributed by atoms with Crippen molar-refractivity contribution in [1.29, 1.82) is 0 Å². The molecule has 1 aromatic rings. The molecule has 0 spiro atoms. The third-order valence-electron chi connectivity index (χ3n) is 2.66. The fraction of sp³-hybridized carbons (Fsp3) is 0.500. The summed E-state index contributed by atoms with van der Waals surface area (Å²) in [7, 11) is 0. The minimum absolute atomic E-state index is 0.00323. The van der Waals surface area contributed by atoms with Gasteiger partial charge in [0.25, 0.3) is 0 Å². The van der Waals surface area contributed by atoms with Gasteiger partial charge >= 0.3 is 0 Å². The molecule has 106 valence electrons. The monoisotopic (exact) mass is 365 g/mol. The Labute approximate surface area is 133 Å². The van der Waals surface area contributed by atoms with E-state index in [9.17, 15) is 4.79 Å². The average Bonchev–Trinajstić information content (AvgIpc) is 2.32. The van der Waals surface area contributed by atoms with Gasteiger partial charge < -0.3 is 5.32 Å². The first-order valence-corrected chi connectivity index (χ1v) is 8.09. The van der Waals surface area contributed by atoms with Gasteiger partial charge in [-0.15, -0.1) is 0 Å². The van der Waals surface area contributed by atoms with Gasteiger partial charge in [0.2, 0.25) is 5.91 Å². The molecule has 1 rings (SSSR count). The summed E-state index contributed by atoms with van der Waals surface area (Å²) in [4.78, 5) is 12.0. The van der Waals surface area contributed by atoms with Gasteiger partial charge in [0.05, 0.1) is 16.5 Å². The SMILES string of the molecule is CC(C)CC(CBr)NC(=O)Cc1ccc(Cl)c(Cl)c1. The van der Waals surface area contributed by atoms with E-state index in [4.69, 9.17) is 23.2 Å². The zero-order chi connectivity index (χ0) is 14.4. The van der Waals surface area contributed by atoms with Crippen LogP contribution in [0.2, 0.25) is 10.0 Å². The number of benzene rings is 1. The molecular weight excluding hydrogens is 349 g/mol. The molecule has 5 heteroatoms. The highest BCUT2D eigenvalue weighted by atomic mass is 79.9. The molecule has 0 saturated heterocycles. The van der Waals surface area contributed by atoms with E-state index < -0.39 is 0 Å². The average molecular weight is 367 g/mol. The lowest BCUT2D eigenvalue weighted by molar-refractivity contribution is -0.121. The summed E-state index contributed by atoms with van der Waals surface area (Å²) >= 11 is 15.2. The number of carbonyl (C=O) groups excluding carboxylic acids is 1. The molecule has 0 aliphatic heterocycles. The first-order valence-electron chi connectivity index (χ1n) is 6.21. The van der Waals surface area contributed by atoms with Gasteiger partial charge in [-0.2, -0.15) is 0 Å². The van der Waals surface area contributed by atoms with Crippen LogP contribution in [0.3, 0.4) is 0 Å². The van der Waals surface area contributed by atoms with Crippen molar-refractivity contribution < 1.29 is 4.79 Å². The van der Waals surface area contributed by atoms with Crippen LogP contribution in [0.5, 0.6) is 0 Å². The van der Waals surface area contributed by atoms with Gasteiger partial charge in [-0.1, -0.05) is 59.0 Å². The fourth-order valence-electron chi connectivity index (χ4n) is 1.84. The Morgan fingerprint density at radius 3 is 2.53 bits per heavy atom. The third-order valence-corrected chi connectivity index (χ3v) is 4.18. The maximum absolute atomic E-state index is 12.0. The van der Waals surface area contributed by atoms with Crippen LogP contribution < -0.4 is 5.32 Å². The Balaban J connectivity index is 2.56. The third kappa shape index (κ3) is 6.15. The highest BCUT2D eigenvalue weighted by Gasteiger charge is 2.13. The van der Waals surface area contributed by atoms with Crippen LogP contribution in [0.4, 0.5) is 0 Å². The molecule has 1 aromatic carbocycles. The molecule has 2 nitrogen and oxygen atoms in total. The van der Waals surface area contributed by atoms with Crippen molar-refractivity contribution in [2.45, 2.75) is 32.7 Å². The predicted octanol–water partition coefficient (Wildman–Crippen LogP) is 4.46. The molecule has 0 radical (unpaired) electrons. The summed E-state index contributed by atoms with van der Waals surface area (Å²) < 4.78 is 0. The molecule has 0 aromatic heterocycles. The number of hydrogen-bond acceptors (Lipinski definition) is 1. The molecule has 0 fully saturated rings. The molecule has 0 bridgehead atoms.